The van der Waals surface area contributed by atoms with E-state index in [1.54, 1.807) is 30.3 Å². The fraction of sp³-hybridized carbons (Fsp3) is 0.391. The van der Waals surface area contributed by atoms with E-state index in [0.29, 0.717) is 11.7 Å². The summed E-state index contributed by atoms with van der Waals surface area (Å²) >= 11 is 0. The molecule has 1 saturated carbocycles. The molecule has 0 radical (unpaired) electrons. The van der Waals surface area contributed by atoms with E-state index in [9.17, 15) is 12.8 Å². The first kappa shape index (κ1) is 21.6. The van der Waals surface area contributed by atoms with Gasteiger partial charge in [-0.25, -0.2) is 17.1 Å². The van der Waals surface area contributed by atoms with Crippen LogP contribution in [0.5, 0.6) is 0 Å². The third-order valence-electron chi connectivity index (χ3n) is 5.89. The Labute approximate surface area is 182 Å². The molecule has 1 aliphatic carbocycles. The molecule has 0 amide bonds. The number of nitrogens with zero attached hydrogens (tertiary/aromatic N) is 3. The molecule has 164 valence electrons. The Morgan fingerprint density at radius 3 is 2.48 bits per heavy atom. The zero-order valence-electron chi connectivity index (χ0n) is 17.5. The van der Waals surface area contributed by atoms with Gasteiger partial charge in [-0.05, 0) is 48.6 Å². The van der Waals surface area contributed by atoms with Gasteiger partial charge < -0.3 is 4.52 Å². The van der Waals surface area contributed by atoms with Crippen molar-refractivity contribution in [3.05, 3.63) is 65.7 Å². The first-order valence-electron chi connectivity index (χ1n) is 10.6. The quantitative estimate of drug-likeness (QED) is 0.525. The van der Waals surface area contributed by atoms with Crippen LogP contribution in [0.3, 0.4) is 0 Å². The number of hydrogen-bond acceptors (Lipinski definition) is 5. The van der Waals surface area contributed by atoms with E-state index >= 15 is 0 Å². The lowest BCUT2D eigenvalue weighted by Crippen LogP contribution is -2.29. The smallest absolute Gasteiger partial charge is 0.260 e. The summed E-state index contributed by atoms with van der Waals surface area (Å²) in [5, 5.41) is 3.85. The van der Waals surface area contributed by atoms with Gasteiger partial charge in [0.05, 0.1) is 10.5 Å². The molecular formula is C23H26FN3O3S. The largest absolute Gasteiger partial charge is 0.334 e. The highest BCUT2D eigenvalue weighted by Crippen LogP contribution is 2.33. The molecule has 1 fully saturated rings. The van der Waals surface area contributed by atoms with Crippen LogP contribution in [0, 0.1) is 5.82 Å². The minimum Gasteiger partial charge on any atom is -0.334 e. The Kier molecular flexibility index (Phi) is 6.48. The van der Waals surface area contributed by atoms with Gasteiger partial charge in [-0.2, -0.15) is 4.98 Å². The fourth-order valence-electron chi connectivity index (χ4n) is 4.01. The molecule has 0 spiro atoms. The highest BCUT2D eigenvalue weighted by Gasteiger charge is 2.23. The lowest BCUT2D eigenvalue weighted by molar-refractivity contribution is 0.413. The van der Waals surface area contributed by atoms with E-state index in [-0.39, 0.29) is 29.3 Å². The van der Waals surface area contributed by atoms with Gasteiger partial charge in [-0.1, -0.05) is 48.7 Å². The summed E-state index contributed by atoms with van der Waals surface area (Å²) in [6.45, 7) is 0.183. The van der Waals surface area contributed by atoms with Gasteiger partial charge in [0.2, 0.25) is 10.0 Å². The third kappa shape index (κ3) is 4.85. The highest BCUT2D eigenvalue weighted by atomic mass is 32.2. The van der Waals surface area contributed by atoms with E-state index in [2.05, 4.69) is 10.1 Å². The van der Waals surface area contributed by atoms with Crippen molar-refractivity contribution in [1.29, 1.82) is 0 Å². The van der Waals surface area contributed by atoms with Crippen LogP contribution in [0.2, 0.25) is 0 Å². The molecular weight excluding hydrogens is 417 g/mol. The van der Waals surface area contributed by atoms with Crippen LogP contribution in [0.25, 0.3) is 11.5 Å². The lowest BCUT2D eigenvalue weighted by atomic mass is 9.84. The van der Waals surface area contributed by atoms with Crippen LogP contribution in [0.15, 0.2) is 57.9 Å². The third-order valence-corrected chi connectivity index (χ3v) is 7.76. The second-order valence-corrected chi connectivity index (χ2v) is 10.0. The van der Waals surface area contributed by atoms with Crippen LogP contribution < -0.4 is 0 Å². The second-order valence-electron chi connectivity index (χ2n) is 7.98. The Morgan fingerprint density at radius 1 is 1.06 bits per heavy atom. The molecule has 2 aromatic carbocycles. The van der Waals surface area contributed by atoms with Crippen molar-refractivity contribution in [3.63, 3.8) is 0 Å². The van der Waals surface area contributed by atoms with Crippen molar-refractivity contribution < 1.29 is 17.3 Å². The maximum atomic E-state index is 13.9. The molecule has 0 saturated heterocycles. The average Bonchev–Trinajstić information content (AvgIpc) is 3.27. The van der Waals surface area contributed by atoms with Gasteiger partial charge in [0.15, 0.2) is 5.82 Å². The maximum absolute atomic E-state index is 13.9. The Hall–Kier alpha value is -2.58. The van der Waals surface area contributed by atoms with Crippen molar-refractivity contribution in [2.24, 2.45) is 0 Å². The maximum Gasteiger partial charge on any atom is 0.260 e. The molecule has 0 N–H and O–H groups in total. The van der Waals surface area contributed by atoms with E-state index in [4.69, 9.17) is 4.52 Å². The number of halogens is 1. The summed E-state index contributed by atoms with van der Waals surface area (Å²) in [6.07, 6.45) is 6.37. The number of aromatic nitrogens is 2. The molecule has 6 nitrogen and oxygen atoms in total. The van der Waals surface area contributed by atoms with Gasteiger partial charge in [0, 0.05) is 20.0 Å². The van der Waals surface area contributed by atoms with Gasteiger partial charge >= 0.3 is 0 Å². The monoisotopic (exact) mass is 443 g/mol. The van der Waals surface area contributed by atoms with E-state index in [0.717, 1.165) is 0 Å². The molecule has 4 rings (SSSR count). The summed E-state index contributed by atoms with van der Waals surface area (Å²) in [6, 6.07) is 13.4. The Bertz CT molecular complexity index is 1120. The minimum atomic E-state index is -3.62. The zero-order chi connectivity index (χ0) is 21.8. The van der Waals surface area contributed by atoms with Crippen molar-refractivity contribution in [3.8, 4) is 11.5 Å². The number of rotatable bonds is 7. The van der Waals surface area contributed by atoms with Gasteiger partial charge in [0.25, 0.3) is 5.89 Å². The highest BCUT2D eigenvalue weighted by molar-refractivity contribution is 7.89. The average molecular weight is 444 g/mol. The van der Waals surface area contributed by atoms with Crippen LogP contribution in [0.4, 0.5) is 4.39 Å². The van der Waals surface area contributed by atoms with Crippen molar-refractivity contribution in [1.82, 2.24) is 14.4 Å². The zero-order valence-corrected chi connectivity index (χ0v) is 18.3. The molecule has 3 aromatic rings. The SMILES string of the molecule is CN(CCc1noc(-c2ccccc2F)n1)S(=O)(=O)c1ccc(C2CCCCC2)cc1. The molecule has 1 heterocycles. The lowest BCUT2D eigenvalue weighted by Gasteiger charge is -2.22. The van der Waals surface area contributed by atoms with Gasteiger partial charge in [0.1, 0.15) is 5.82 Å². The molecule has 8 heteroatoms. The predicted molar refractivity (Wildman–Crippen MR) is 115 cm³/mol. The summed E-state index contributed by atoms with van der Waals surface area (Å²) in [4.78, 5) is 4.47. The molecule has 1 aromatic heterocycles. The summed E-state index contributed by atoms with van der Waals surface area (Å²) in [5.74, 6) is 0.490. The van der Waals surface area contributed by atoms with E-state index in [1.807, 2.05) is 12.1 Å². The molecule has 0 unspecified atom stereocenters. The summed E-state index contributed by atoms with van der Waals surface area (Å²) < 4.78 is 46.1. The Balaban J connectivity index is 1.40. The predicted octanol–water partition coefficient (Wildman–Crippen LogP) is 4.79. The number of hydrogen-bond donors (Lipinski definition) is 0. The van der Waals surface area contributed by atoms with Gasteiger partial charge in [-0.15, -0.1) is 0 Å². The summed E-state index contributed by atoms with van der Waals surface area (Å²) in [7, 11) is -2.09. The van der Waals surface area contributed by atoms with Crippen LogP contribution in [-0.4, -0.2) is 36.5 Å². The van der Waals surface area contributed by atoms with Crippen LogP contribution in [0.1, 0.15) is 49.4 Å². The van der Waals surface area contributed by atoms with Crippen LogP contribution >= 0.6 is 0 Å². The van der Waals surface area contributed by atoms with Crippen molar-refractivity contribution in [2.45, 2.75) is 49.3 Å². The topological polar surface area (TPSA) is 76.3 Å². The van der Waals surface area contributed by atoms with Crippen molar-refractivity contribution in [2.75, 3.05) is 13.6 Å². The normalized spacial score (nSPS) is 15.5. The standard InChI is InChI=1S/C23H26FN3O3S/c1-27(16-15-22-25-23(30-26-22)20-9-5-6-10-21(20)24)31(28,29)19-13-11-18(12-14-19)17-7-3-2-4-8-17/h5-6,9-14,17H,2-4,7-8,15-16H2,1H3. The van der Waals surface area contributed by atoms with E-state index < -0.39 is 15.8 Å². The number of sulfonamides is 1. The molecule has 31 heavy (non-hydrogen) atoms. The van der Waals surface area contributed by atoms with E-state index in [1.165, 1.54) is 55.1 Å². The first-order valence-corrected chi connectivity index (χ1v) is 12.0. The molecule has 0 aliphatic heterocycles. The number of benzene rings is 2. The molecule has 1 aliphatic rings. The molecule has 0 atom stereocenters. The first-order chi connectivity index (χ1) is 14.9. The summed E-state index contributed by atoms with van der Waals surface area (Å²) in [5.41, 5.74) is 1.44. The molecule has 0 bridgehead atoms. The Morgan fingerprint density at radius 2 is 1.77 bits per heavy atom. The second kappa shape index (κ2) is 9.28. The fourth-order valence-corrected chi connectivity index (χ4v) is 5.18. The van der Waals surface area contributed by atoms with Crippen LogP contribution in [-0.2, 0) is 16.4 Å². The van der Waals surface area contributed by atoms with Crippen molar-refractivity contribution >= 4 is 10.0 Å². The van der Waals surface area contributed by atoms with Gasteiger partial charge in [-0.3, -0.25) is 0 Å². The minimum absolute atomic E-state index is 0.0805. The number of likely N-dealkylation sites (N-methyl/N-ethyl adjacent to an activating group) is 1.